The molecule has 7 heteroatoms. The van der Waals surface area contributed by atoms with Gasteiger partial charge in [-0.25, -0.2) is 0 Å². The molecule has 2 rings (SSSR count). The van der Waals surface area contributed by atoms with Crippen LogP contribution in [0.5, 0.6) is 5.75 Å². The molecule has 0 spiro atoms. The Morgan fingerprint density at radius 3 is 2.42 bits per heavy atom. The van der Waals surface area contributed by atoms with Crippen molar-refractivity contribution in [1.29, 1.82) is 0 Å². The summed E-state index contributed by atoms with van der Waals surface area (Å²) >= 11 is 0. The Balaban J connectivity index is 1.87. The van der Waals surface area contributed by atoms with E-state index in [0.29, 0.717) is 12.4 Å². The van der Waals surface area contributed by atoms with E-state index in [1.807, 2.05) is 0 Å². The second-order valence-corrected chi connectivity index (χ2v) is 5.45. The molecule has 1 aliphatic rings. The van der Waals surface area contributed by atoms with Crippen molar-refractivity contribution in [3.05, 3.63) is 30.3 Å². The number of hydrogen-bond donors (Lipinski definition) is 0. The minimum Gasteiger partial charge on any atom is -0.456 e. The Morgan fingerprint density at radius 2 is 1.79 bits per heavy atom. The van der Waals surface area contributed by atoms with Gasteiger partial charge in [0.2, 0.25) is 0 Å². The third-order valence-corrected chi connectivity index (χ3v) is 3.68. The normalized spacial score (nSPS) is 26.1. The summed E-state index contributed by atoms with van der Waals surface area (Å²) in [6.45, 7) is 2.11. The van der Waals surface area contributed by atoms with Gasteiger partial charge < -0.3 is 23.7 Å². The van der Waals surface area contributed by atoms with Crippen molar-refractivity contribution in [1.82, 2.24) is 0 Å². The van der Waals surface area contributed by atoms with Crippen molar-refractivity contribution < 1.29 is 33.3 Å². The molecule has 132 valence electrons. The van der Waals surface area contributed by atoms with Crippen LogP contribution in [0, 0.1) is 0 Å². The van der Waals surface area contributed by atoms with Crippen LogP contribution in [-0.4, -0.2) is 57.2 Å². The molecule has 7 nitrogen and oxygen atoms in total. The Labute approximate surface area is 140 Å². The van der Waals surface area contributed by atoms with Crippen LogP contribution in [0.15, 0.2) is 30.3 Å². The molecule has 0 aromatic heterocycles. The maximum absolute atomic E-state index is 12.0. The van der Waals surface area contributed by atoms with Crippen molar-refractivity contribution in [3.8, 4) is 5.75 Å². The van der Waals surface area contributed by atoms with Gasteiger partial charge in [-0.3, -0.25) is 9.59 Å². The van der Waals surface area contributed by atoms with Crippen LogP contribution < -0.4 is 4.74 Å². The quantitative estimate of drug-likeness (QED) is 0.422. The summed E-state index contributed by atoms with van der Waals surface area (Å²) in [6, 6.07) is 8.53. The van der Waals surface area contributed by atoms with E-state index in [1.54, 1.807) is 44.4 Å². The molecule has 1 saturated heterocycles. The van der Waals surface area contributed by atoms with Gasteiger partial charge in [0.25, 0.3) is 0 Å². The molecule has 0 radical (unpaired) electrons. The maximum Gasteiger partial charge on any atom is 0.322 e. The van der Waals surface area contributed by atoms with E-state index in [2.05, 4.69) is 0 Å². The van der Waals surface area contributed by atoms with E-state index in [4.69, 9.17) is 23.7 Å². The van der Waals surface area contributed by atoms with Crippen molar-refractivity contribution in [3.63, 3.8) is 0 Å². The number of carbonyl (C=O) groups excluding carboxylic acids is 2. The summed E-state index contributed by atoms with van der Waals surface area (Å²) in [7, 11) is 3.07. The number of esters is 2. The number of para-hydroxylation sites is 1. The number of carbonyl (C=O) groups is 2. The molecule has 0 N–H and O–H groups in total. The van der Waals surface area contributed by atoms with Crippen molar-refractivity contribution >= 4 is 11.9 Å². The summed E-state index contributed by atoms with van der Waals surface area (Å²) in [5.74, 6) is -0.987. The van der Waals surface area contributed by atoms with Gasteiger partial charge in [0.1, 0.15) is 24.4 Å². The van der Waals surface area contributed by atoms with E-state index in [0.717, 1.165) is 0 Å². The smallest absolute Gasteiger partial charge is 0.322 e. The Morgan fingerprint density at radius 1 is 1.08 bits per heavy atom. The molecule has 1 heterocycles. The van der Waals surface area contributed by atoms with Crippen LogP contribution in [-0.2, 0) is 28.5 Å². The first-order chi connectivity index (χ1) is 11.5. The predicted octanol–water partition coefficient (Wildman–Crippen LogP) is 1.34. The minimum atomic E-state index is -0.684. The summed E-state index contributed by atoms with van der Waals surface area (Å²) in [5.41, 5.74) is 0. The average molecular weight is 338 g/mol. The maximum atomic E-state index is 12.0. The zero-order valence-electron chi connectivity index (χ0n) is 14.0. The number of hydrogen-bond acceptors (Lipinski definition) is 7. The first-order valence-electron chi connectivity index (χ1n) is 7.67. The lowest BCUT2D eigenvalue weighted by Gasteiger charge is -2.21. The molecule has 0 saturated carbocycles. The molecule has 0 bridgehead atoms. The standard InChI is InChI=1S/C17H22O7/c1-11-16(17(21-3)13(22-11)10-20-2)24-15(19)9-14(18)23-12-7-5-4-6-8-12/h4-8,11,13,16-17H,9-10H2,1-3H3/t11-,13+,16?,17-/m0/s1. The number of ether oxygens (including phenoxy) is 5. The molecular weight excluding hydrogens is 316 g/mol. The van der Waals surface area contributed by atoms with E-state index >= 15 is 0 Å². The Kier molecular flexibility index (Phi) is 6.72. The molecule has 4 atom stereocenters. The van der Waals surface area contributed by atoms with Gasteiger partial charge in [0.05, 0.1) is 12.7 Å². The summed E-state index contributed by atoms with van der Waals surface area (Å²) < 4.78 is 26.5. The summed E-state index contributed by atoms with van der Waals surface area (Å²) in [4.78, 5) is 23.8. The highest BCUT2D eigenvalue weighted by Gasteiger charge is 2.45. The highest BCUT2D eigenvalue weighted by molar-refractivity contribution is 5.92. The SMILES string of the molecule is COC[C@H]1O[C@@H](C)C(OC(=O)CC(=O)Oc2ccccc2)[C@H]1OC. The van der Waals surface area contributed by atoms with E-state index in [1.165, 1.54) is 7.11 Å². The third-order valence-electron chi connectivity index (χ3n) is 3.68. The zero-order valence-corrected chi connectivity index (χ0v) is 14.0. The predicted molar refractivity (Wildman–Crippen MR) is 83.6 cm³/mol. The Hall–Kier alpha value is -1.96. The third kappa shape index (κ3) is 4.77. The fraction of sp³-hybridized carbons (Fsp3) is 0.529. The minimum absolute atomic E-state index is 0.326. The molecule has 0 aliphatic carbocycles. The van der Waals surface area contributed by atoms with Crippen molar-refractivity contribution in [2.45, 2.75) is 37.8 Å². The largest absolute Gasteiger partial charge is 0.456 e. The number of rotatable bonds is 7. The molecule has 0 amide bonds. The molecule has 1 fully saturated rings. The van der Waals surface area contributed by atoms with E-state index in [-0.39, 0.29) is 12.2 Å². The van der Waals surface area contributed by atoms with Crippen LogP contribution in [0.4, 0.5) is 0 Å². The van der Waals surface area contributed by atoms with Gasteiger partial charge >= 0.3 is 11.9 Å². The van der Waals surface area contributed by atoms with Gasteiger partial charge in [0.15, 0.2) is 6.10 Å². The van der Waals surface area contributed by atoms with Crippen LogP contribution in [0.25, 0.3) is 0 Å². The molecule has 24 heavy (non-hydrogen) atoms. The zero-order chi connectivity index (χ0) is 17.5. The van der Waals surface area contributed by atoms with Gasteiger partial charge in [-0.1, -0.05) is 18.2 Å². The molecule has 1 aromatic rings. The van der Waals surface area contributed by atoms with Gasteiger partial charge in [0, 0.05) is 14.2 Å². The summed E-state index contributed by atoms with van der Waals surface area (Å²) in [6.07, 6.45) is -2.22. The van der Waals surface area contributed by atoms with Crippen LogP contribution >= 0.6 is 0 Å². The fourth-order valence-corrected chi connectivity index (χ4v) is 2.62. The molecule has 1 aromatic carbocycles. The average Bonchev–Trinajstić information content (AvgIpc) is 2.83. The van der Waals surface area contributed by atoms with Gasteiger partial charge in [-0.15, -0.1) is 0 Å². The molecule has 1 unspecified atom stereocenters. The summed E-state index contributed by atoms with van der Waals surface area (Å²) in [5, 5.41) is 0. The fourth-order valence-electron chi connectivity index (χ4n) is 2.62. The second kappa shape index (κ2) is 8.77. The molecule has 1 aliphatic heterocycles. The highest BCUT2D eigenvalue weighted by Crippen LogP contribution is 2.26. The van der Waals surface area contributed by atoms with Gasteiger partial charge in [-0.05, 0) is 19.1 Å². The van der Waals surface area contributed by atoms with Gasteiger partial charge in [-0.2, -0.15) is 0 Å². The highest BCUT2D eigenvalue weighted by atomic mass is 16.6. The van der Waals surface area contributed by atoms with Crippen molar-refractivity contribution in [2.75, 3.05) is 20.8 Å². The lowest BCUT2D eigenvalue weighted by molar-refractivity contribution is -0.160. The van der Waals surface area contributed by atoms with Crippen LogP contribution in [0.1, 0.15) is 13.3 Å². The second-order valence-electron chi connectivity index (χ2n) is 5.45. The van der Waals surface area contributed by atoms with Crippen LogP contribution in [0.2, 0.25) is 0 Å². The monoisotopic (exact) mass is 338 g/mol. The number of methoxy groups -OCH3 is 2. The van der Waals surface area contributed by atoms with Crippen LogP contribution in [0.3, 0.4) is 0 Å². The lowest BCUT2D eigenvalue weighted by Crippen LogP contribution is -2.39. The lowest BCUT2D eigenvalue weighted by atomic mass is 10.1. The van der Waals surface area contributed by atoms with E-state index in [9.17, 15) is 9.59 Å². The number of benzene rings is 1. The first-order valence-corrected chi connectivity index (χ1v) is 7.67. The van der Waals surface area contributed by atoms with E-state index < -0.39 is 30.6 Å². The topological polar surface area (TPSA) is 80.3 Å². The first kappa shape index (κ1) is 18.4. The Bertz CT molecular complexity index is 545. The molecular formula is C17H22O7. The van der Waals surface area contributed by atoms with Crippen molar-refractivity contribution in [2.24, 2.45) is 0 Å².